The summed E-state index contributed by atoms with van der Waals surface area (Å²) in [5.41, 5.74) is 10.0. The Bertz CT molecular complexity index is 813. The SMILES string of the molecule is Cc1ccc2c(c1)-c1cc(CCc3ccccc3)ccc1C2. The fraction of sp³-hybridized carbons (Fsp3) is 0.182. The fourth-order valence-corrected chi connectivity index (χ4v) is 3.42. The minimum atomic E-state index is 1.09. The lowest BCUT2D eigenvalue weighted by Gasteiger charge is -2.07. The maximum atomic E-state index is 2.41. The Balaban J connectivity index is 1.61. The highest BCUT2D eigenvalue weighted by molar-refractivity contribution is 5.77. The lowest BCUT2D eigenvalue weighted by atomic mass is 9.98. The minimum Gasteiger partial charge on any atom is -0.0622 e. The third-order valence-electron chi connectivity index (χ3n) is 4.66. The number of fused-ring (bicyclic) bond motifs is 3. The largest absolute Gasteiger partial charge is 0.0622 e. The molecule has 0 bridgehead atoms. The van der Waals surface area contributed by atoms with E-state index in [-0.39, 0.29) is 0 Å². The van der Waals surface area contributed by atoms with Crippen LogP contribution in [0.5, 0.6) is 0 Å². The lowest BCUT2D eigenvalue weighted by molar-refractivity contribution is 0.960. The minimum absolute atomic E-state index is 1.09. The van der Waals surface area contributed by atoms with Crippen LogP contribution < -0.4 is 0 Å². The van der Waals surface area contributed by atoms with Crippen molar-refractivity contribution < 1.29 is 0 Å². The predicted molar refractivity (Wildman–Crippen MR) is 93.3 cm³/mol. The summed E-state index contributed by atoms with van der Waals surface area (Å²) in [7, 11) is 0. The van der Waals surface area contributed by atoms with Gasteiger partial charge in [-0.2, -0.15) is 0 Å². The molecule has 0 atom stereocenters. The normalized spacial score (nSPS) is 12.0. The Kier molecular flexibility index (Phi) is 3.31. The molecule has 0 heteroatoms. The Morgan fingerprint density at radius 3 is 2.18 bits per heavy atom. The highest BCUT2D eigenvalue weighted by atomic mass is 14.2. The molecule has 0 N–H and O–H groups in total. The molecule has 0 fully saturated rings. The van der Waals surface area contributed by atoms with Gasteiger partial charge in [-0.25, -0.2) is 0 Å². The van der Waals surface area contributed by atoms with E-state index in [9.17, 15) is 0 Å². The van der Waals surface area contributed by atoms with Crippen molar-refractivity contribution in [3.8, 4) is 11.1 Å². The first-order valence-corrected chi connectivity index (χ1v) is 8.05. The van der Waals surface area contributed by atoms with Gasteiger partial charge in [-0.3, -0.25) is 0 Å². The van der Waals surface area contributed by atoms with Crippen LogP contribution in [-0.4, -0.2) is 0 Å². The van der Waals surface area contributed by atoms with E-state index < -0.39 is 0 Å². The molecule has 0 radical (unpaired) electrons. The Labute approximate surface area is 132 Å². The van der Waals surface area contributed by atoms with E-state index in [1.54, 1.807) is 0 Å². The van der Waals surface area contributed by atoms with Crippen molar-refractivity contribution in [3.05, 3.63) is 94.5 Å². The van der Waals surface area contributed by atoms with Crippen LogP contribution in [0.1, 0.15) is 27.8 Å². The predicted octanol–water partition coefficient (Wildman–Crippen LogP) is 5.35. The molecule has 1 aliphatic rings. The Morgan fingerprint density at radius 2 is 1.36 bits per heavy atom. The second kappa shape index (κ2) is 5.46. The summed E-state index contributed by atoms with van der Waals surface area (Å²) in [5.74, 6) is 0. The van der Waals surface area contributed by atoms with Crippen LogP contribution in [0.3, 0.4) is 0 Å². The third kappa shape index (κ3) is 2.46. The molecule has 0 unspecified atom stereocenters. The molecule has 1 aliphatic carbocycles. The maximum absolute atomic E-state index is 2.41. The number of hydrogen-bond acceptors (Lipinski definition) is 0. The van der Waals surface area contributed by atoms with E-state index in [1.165, 1.54) is 38.9 Å². The van der Waals surface area contributed by atoms with E-state index in [2.05, 4.69) is 73.7 Å². The molecule has 22 heavy (non-hydrogen) atoms. The van der Waals surface area contributed by atoms with Gasteiger partial charge in [0.2, 0.25) is 0 Å². The Hall–Kier alpha value is -2.34. The molecule has 0 nitrogen and oxygen atoms in total. The van der Waals surface area contributed by atoms with Gasteiger partial charge in [-0.05, 0) is 59.6 Å². The van der Waals surface area contributed by atoms with Crippen LogP contribution >= 0.6 is 0 Å². The van der Waals surface area contributed by atoms with Crippen molar-refractivity contribution in [2.45, 2.75) is 26.2 Å². The first kappa shape index (κ1) is 13.3. The Morgan fingerprint density at radius 1 is 0.682 bits per heavy atom. The first-order valence-electron chi connectivity index (χ1n) is 8.05. The van der Waals surface area contributed by atoms with Crippen LogP contribution in [0.25, 0.3) is 11.1 Å². The molecular formula is C22H20. The van der Waals surface area contributed by atoms with Crippen molar-refractivity contribution >= 4 is 0 Å². The summed E-state index contributed by atoms with van der Waals surface area (Å²) >= 11 is 0. The van der Waals surface area contributed by atoms with Crippen molar-refractivity contribution in [1.82, 2.24) is 0 Å². The quantitative estimate of drug-likeness (QED) is 0.475. The summed E-state index contributed by atoms with van der Waals surface area (Å²) in [6.07, 6.45) is 3.31. The topological polar surface area (TPSA) is 0 Å². The third-order valence-corrected chi connectivity index (χ3v) is 4.66. The van der Waals surface area contributed by atoms with Gasteiger partial charge in [0.05, 0.1) is 0 Å². The van der Waals surface area contributed by atoms with Crippen LogP contribution in [-0.2, 0) is 19.3 Å². The molecular weight excluding hydrogens is 264 g/mol. The van der Waals surface area contributed by atoms with E-state index in [4.69, 9.17) is 0 Å². The summed E-state index contributed by atoms with van der Waals surface area (Å²) in [5, 5.41) is 0. The molecule has 0 heterocycles. The van der Waals surface area contributed by atoms with E-state index in [0.717, 1.165) is 19.3 Å². The van der Waals surface area contributed by atoms with Crippen molar-refractivity contribution in [2.75, 3.05) is 0 Å². The average Bonchev–Trinajstić information content (AvgIpc) is 2.91. The van der Waals surface area contributed by atoms with Gasteiger partial charge in [0.1, 0.15) is 0 Å². The maximum Gasteiger partial charge on any atom is -0.00134 e. The van der Waals surface area contributed by atoms with Crippen LogP contribution in [0.15, 0.2) is 66.7 Å². The van der Waals surface area contributed by atoms with Crippen molar-refractivity contribution in [1.29, 1.82) is 0 Å². The molecule has 3 aromatic carbocycles. The zero-order valence-corrected chi connectivity index (χ0v) is 13.0. The van der Waals surface area contributed by atoms with Gasteiger partial charge in [0.25, 0.3) is 0 Å². The fourth-order valence-electron chi connectivity index (χ4n) is 3.42. The van der Waals surface area contributed by atoms with E-state index in [0.29, 0.717) is 0 Å². The lowest BCUT2D eigenvalue weighted by Crippen LogP contribution is -1.92. The molecule has 4 rings (SSSR count). The van der Waals surface area contributed by atoms with Crippen LogP contribution in [0.4, 0.5) is 0 Å². The van der Waals surface area contributed by atoms with E-state index >= 15 is 0 Å². The molecule has 108 valence electrons. The zero-order valence-electron chi connectivity index (χ0n) is 13.0. The van der Waals surface area contributed by atoms with Gasteiger partial charge < -0.3 is 0 Å². The smallest absolute Gasteiger partial charge is 0.00134 e. The summed E-state index contributed by atoms with van der Waals surface area (Å²) in [4.78, 5) is 0. The second-order valence-corrected chi connectivity index (χ2v) is 6.31. The van der Waals surface area contributed by atoms with Gasteiger partial charge in [0.15, 0.2) is 0 Å². The molecule has 0 aliphatic heterocycles. The molecule has 0 amide bonds. The number of hydrogen-bond donors (Lipinski definition) is 0. The average molecular weight is 284 g/mol. The summed E-state index contributed by atoms with van der Waals surface area (Å²) in [6, 6.07) is 24.6. The number of benzene rings is 3. The summed E-state index contributed by atoms with van der Waals surface area (Å²) in [6.45, 7) is 2.18. The second-order valence-electron chi connectivity index (χ2n) is 6.31. The molecule has 3 aromatic rings. The molecule has 0 spiro atoms. The van der Waals surface area contributed by atoms with Gasteiger partial charge in [-0.15, -0.1) is 0 Å². The monoisotopic (exact) mass is 284 g/mol. The zero-order chi connectivity index (χ0) is 14.9. The molecule has 0 saturated heterocycles. The van der Waals surface area contributed by atoms with Crippen molar-refractivity contribution in [2.24, 2.45) is 0 Å². The highest BCUT2D eigenvalue weighted by Gasteiger charge is 2.18. The summed E-state index contributed by atoms with van der Waals surface area (Å²) < 4.78 is 0. The van der Waals surface area contributed by atoms with Crippen LogP contribution in [0, 0.1) is 6.92 Å². The number of aryl methyl sites for hydroxylation is 3. The first-order chi connectivity index (χ1) is 10.8. The van der Waals surface area contributed by atoms with Crippen molar-refractivity contribution in [3.63, 3.8) is 0 Å². The standard InChI is InChI=1S/C22H20/c1-16-7-11-19-15-20-12-10-18(14-22(20)21(19)13-16)9-8-17-5-3-2-4-6-17/h2-7,10-14H,8-9,15H2,1H3. The van der Waals surface area contributed by atoms with Gasteiger partial charge in [0, 0.05) is 0 Å². The molecule has 0 saturated carbocycles. The van der Waals surface area contributed by atoms with E-state index in [1.807, 2.05) is 0 Å². The highest BCUT2D eigenvalue weighted by Crippen LogP contribution is 2.37. The van der Waals surface area contributed by atoms with Gasteiger partial charge in [-0.1, -0.05) is 72.3 Å². The number of rotatable bonds is 3. The van der Waals surface area contributed by atoms with Crippen LogP contribution in [0.2, 0.25) is 0 Å². The van der Waals surface area contributed by atoms with Gasteiger partial charge >= 0.3 is 0 Å². The molecule has 0 aromatic heterocycles.